The maximum atomic E-state index is 12.7. The van der Waals surface area contributed by atoms with Gasteiger partial charge in [-0.3, -0.25) is 0 Å². The van der Waals surface area contributed by atoms with Crippen molar-refractivity contribution in [3.8, 4) is 12.1 Å². The van der Waals surface area contributed by atoms with E-state index in [4.69, 9.17) is 10.5 Å². The molecule has 0 radical (unpaired) electrons. The summed E-state index contributed by atoms with van der Waals surface area (Å²) in [5.41, 5.74) is 0. The number of hydrogen-bond donors (Lipinski definition) is 0. The number of halogens is 1. The normalized spacial score (nSPS) is 22.0. The lowest BCUT2D eigenvalue weighted by molar-refractivity contribution is 0.395. The maximum Gasteiger partial charge on any atom is 0.289 e. The Bertz CT molecular complexity index is 331. The zero-order chi connectivity index (χ0) is 9.14. The fourth-order valence-electron chi connectivity index (χ4n) is 0.668. The summed E-state index contributed by atoms with van der Waals surface area (Å²) >= 11 is 0. The Morgan fingerprint density at radius 2 is 2.25 bits per heavy atom. The third-order valence-electron chi connectivity index (χ3n) is 1.32. The topological polar surface area (TPSA) is 75.5 Å². The average molecular weight is 165 g/mol. The zero-order valence-electron chi connectivity index (χ0n) is 6.19. The summed E-state index contributed by atoms with van der Waals surface area (Å²) in [5, 5.41) is 16.8. The molecule has 1 rings (SSSR count). The van der Waals surface area contributed by atoms with Crippen molar-refractivity contribution in [2.45, 2.75) is 6.17 Å². The van der Waals surface area contributed by atoms with Crippen molar-refractivity contribution in [2.24, 2.45) is 9.98 Å². The highest BCUT2D eigenvalue weighted by molar-refractivity contribution is 6.04. The van der Waals surface area contributed by atoms with Gasteiger partial charge in [-0.1, -0.05) is 0 Å². The molecule has 1 unspecified atom stereocenters. The molecule has 6 heteroatoms. The molecule has 0 bridgehead atoms. The number of nitriles is 2. The summed E-state index contributed by atoms with van der Waals surface area (Å²) in [5.74, 6) is -0.308. The van der Waals surface area contributed by atoms with E-state index in [1.54, 1.807) is 12.1 Å². The van der Waals surface area contributed by atoms with Crippen molar-refractivity contribution in [2.75, 3.05) is 7.05 Å². The molecule has 0 saturated carbocycles. The van der Waals surface area contributed by atoms with Crippen molar-refractivity contribution >= 4 is 11.9 Å². The first-order valence-electron chi connectivity index (χ1n) is 3.03. The van der Waals surface area contributed by atoms with Gasteiger partial charge in [0.2, 0.25) is 12.0 Å². The molecule has 60 valence electrons. The molecule has 5 nitrogen and oxygen atoms in total. The minimum atomic E-state index is -0.989. The molecular formula is C6H4FN5. The minimum absolute atomic E-state index is 0.308. The highest BCUT2D eigenvalue weighted by atomic mass is 19.1. The number of aliphatic imine (C=N–C) groups is 2. The van der Waals surface area contributed by atoms with Crippen LogP contribution in [0.4, 0.5) is 4.39 Å². The Morgan fingerprint density at radius 3 is 2.75 bits per heavy atom. The maximum absolute atomic E-state index is 12.7. The Balaban J connectivity index is 3.02. The lowest BCUT2D eigenvalue weighted by Gasteiger charge is -2.20. The van der Waals surface area contributed by atoms with Crippen molar-refractivity contribution in [1.82, 2.24) is 4.90 Å². The van der Waals surface area contributed by atoms with E-state index in [1.165, 1.54) is 7.05 Å². The second-order valence-electron chi connectivity index (χ2n) is 2.06. The smallest absolute Gasteiger partial charge is 0.289 e. The zero-order valence-corrected chi connectivity index (χ0v) is 6.19. The van der Waals surface area contributed by atoms with Crippen LogP contribution in [-0.4, -0.2) is 30.0 Å². The third kappa shape index (κ3) is 1.23. The highest BCUT2D eigenvalue weighted by Crippen LogP contribution is 2.06. The van der Waals surface area contributed by atoms with Gasteiger partial charge >= 0.3 is 0 Å². The molecule has 0 saturated heterocycles. The van der Waals surface area contributed by atoms with Crippen LogP contribution in [0.5, 0.6) is 0 Å². The van der Waals surface area contributed by atoms with Crippen molar-refractivity contribution in [3.63, 3.8) is 0 Å². The quantitative estimate of drug-likeness (QED) is 0.475. The van der Waals surface area contributed by atoms with Gasteiger partial charge in [0.05, 0.1) is 0 Å². The fourth-order valence-corrected chi connectivity index (χ4v) is 0.668. The van der Waals surface area contributed by atoms with Crippen molar-refractivity contribution < 1.29 is 4.39 Å². The van der Waals surface area contributed by atoms with Gasteiger partial charge in [0.1, 0.15) is 12.1 Å². The molecule has 0 aromatic carbocycles. The van der Waals surface area contributed by atoms with Crippen LogP contribution < -0.4 is 0 Å². The minimum Gasteiger partial charge on any atom is -0.301 e. The SMILES string of the molecule is CN1C(F)=NC(C#N)=NC1C#N. The van der Waals surface area contributed by atoms with E-state index in [0.29, 0.717) is 0 Å². The fraction of sp³-hybridized carbons (Fsp3) is 0.333. The monoisotopic (exact) mass is 165 g/mol. The summed E-state index contributed by atoms with van der Waals surface area (Å²) in [7, 11) is 1.34. The van der Waals surface area contributed by atoms with Gasteiger partial charge < -0.3 is 4.90 Å². The third-order valence-corrected chi connectivity index (χ3v) is 1.32. The Labute approximate surface area is 68.1 Å². The van der Waals surface area contributed by atoms with Crippen LogP contribution in [0, 0.1) is 22.7 Å². The molecule has 0 N–H and O–H groups in total. The second kappa shape index (κ2) is 2.97. The second-order valence-corrected chi connectivity index (χ2v) is 2.06. The molecule has 0 aromatic heterocycles. The van der Waals surface area contributed by atoms with Gasteiger partial charge in [-0.15, -0.1) is 0 Å². The molecular weight excluding hydrogens is 161 g/mol. The van der Waals surface area contributed by atoms with Gasteiger partial charge in [0.25, 0.3) is 6.09 Å². The van der Waals surface area contributed by atoms with Gasteiger partial charge in [0, 0.05) is 7.05 Å². The van der Waals surface area contributed by atoms with Crippen LogP contribution >= 0.6 is 0 Å². The largest absolute Gasteiger partial charge is 0.301 e. The average Bonchev–Trinajstić information content (AvgIpc) is 2.09. The Hall–Kier alpha value is -1.95. The highest BCUT2D eigenvalue weighted by Gasteiger charge is 2.22. The van der Waals surface area contributed by atoms with Crippen molar-refractivity contribution in [3.05, 3.63) is 0 Å². The first-order valence-corrected chi connectivity index (χ1v) is 3.03. The molecule has 1 aliphatic heterocycles. The predicted octanol–water partition coefficient (Wildman–Crippen LogP) is 0.0291. The first-order chi connectivity index (χ1) is 5.69. The van der Waals surface area contributed by atoms with Gasteiger partial charge in [-0.25, -0.2) is 4.99 Å². The van der Waals surface area contributed by atoms with E-state index in [2.05, 4.69) is 9.98 Å². The molecule has 1 aliphatic rings. The van der Waals surface area contributed by atoms with Crippen LogP contribution in [0.25, 0.3) is 0 Å². The van der Waals surface area contributed by atoms with Crippen LogP contribution in [0.1, 0.15) is 0 Å². The molecule has 0 spiro atoms. The van der Waals surface area contributed by atoms with E-state index < -0.39 is 12.3 Å². The first kappa shape index (κ1) is 8.15. The van der Waals surface area contributed by atoms with Crippen LogP contribution in [0.2, 0.25) is 0 Å². The number of hydrogen-bond acceptors (Lipinski definition) is 5. The van der Waals surface area contributed by atoms with Gasteiger partial charge in [0.15, 0.2) is 0 Å². The Morgan fingerprint density at radius 1 is 1.58 bits per heavy atom. The van der Waals surface area contributed by atoms with E-state index in [0.717, 1.165) is 4.90 Å². The summed E-state index contributed by atoms with van der Waals surface area (Å²) in [6.45, 7) is 0. The van der Waals surface area contributed by atoms with Crippen LogP contribution in [-0.2, 0) is 0 Å². The van der Waals surface area contributed by atoms with Gasteiger partial charge in [-0.05, 0) is 0 Å². The standard InChI is InChI=1S/C6H4FN5/c1-12-5(3-9)10-4(2-8)11-6(12)7/h5H,1H3. The lowest BCUT2D eigenvalue weighted by atomic mass is 10.4. The molecule has 0 aliphatic carbocycles. The summed E-state index contributed by atoms with van der Waals surface area (Å²) in [4.78, 5) is 7.68. The number of nitrogens with zero attached hydrogens (tertiary/aromatic N) is 5. The summed E-state index contributed by atoms with van der Waals surface area (Å²) in [6.07, 6.45) is -1.86. The summed E-state index contributed by atoms with van der Waals surface area (Å²) < 4.78 is 12.7. The number of rotatable bonds is 0. The molecule has 0 fully saturated rings. The van der Waals surface area contributed by atoms with E-state index in [-0.39, 0.29) is 5.84 Å². The number of amidine groups is 2. The summed E-state index contributed by atoms with van der Waals surface area (Å²) in [6, 6.07) is 3.28. The van der Waals surface area contributed by atoms with Crippen LogP contribution in [0.3, 0.4) is 0 Å². The van der Waals surface area contributed by atoms with E-state index >= 15 is 0 Å². The molecule has 12 heavy (non-hydrogen) atoms. The molecule has 0 aromatic rings. The van der Waals surface area contributed by atoms with Crippen molar-refractivity contribution in [1.29, 1.82) is 10.5 Å². The molecule has 1 heterocycles. The predicted molar refractivity (Wildman–Crippen MR) is 38.8 cm³/mol. The molecule has 1 atom stereocenters. The van der Waals surface area contributed by atoms with E-state index in [1.807, 2.05) is 0 Å². The van der Waals surface area contributed by atoms with Gasteiger partial charge in [-0.2, -0.15) is 19.9 Å². The lowest BCUT2D eigenvalue weighted by Crippen LogP contribution is -2.36. The Kier molecular flexibility index (Phi) is 2.02. The molecule has 0 amide bonds. The van der Waals surface area contributed by atoms with Crippen LogP contribution in [0.15, 0.2) is 9.98 Å². The van der Waals surface area contributed by atoms with E-state index in [9.17, 15) is 4.39 Å².